The molecule has 0 atom stereocenters. The molecule has 0 aliphatic rings. The minimum absolute atomic E-state index is 0.116. The number of hydrogen-bond acceptors (Lipinski definition) is 1. The zero-order valence-corrected chi connectivity index (χ0v) is 10.3. The summed E-state index contributed by atoms with van der Waals surface area (Å²) in [5, 5.41) is 0. The molecule has 0 aliphatic carbocycles. The normalized spacial score (nSPS) is 10.5. The van der Waals surface area contributed by atoms with Crippen molar-refractivity contribution >= 4 is 5.78 Å². The zero-order valence-electron chi connectivity index (χ0n) is 10.3. The first-order valence-corrected chi connectivity index (χ1v) is 5.93. The molecule has 0 spiro atoms. The Morgan fingerprint density at radius 1 is 1.12 bits per heavy atom. The SMILES string of the molecule is CCc1ccc(Cn2ccc(C(C)=O)c2)cc1. The van der Waals surface area contributed by atoms with Crippen LogP contribution in [0.5, 0.6) is 0 Å². The lowest BCUT2D eigenvalue weighted by Gasteiger charge is -2.04. The van der Waals surface area contributed by atoms with Crippen LogP contribution in [0, 0.1) is 0 Å². The summed E-state index contributed by atoms with van der Waals surface area (Å²) in [6.07, 6.45) is 4.92. The average Bonchev–Trinajstić information content (AvgIpc) is 2.79. The quantitative estimate of drug-likeness (QED) is 0.734. The lowest BCUT2D eigenvalue weighted by Crippen LogP contribution is -1.97. The average molecular weight is 227 g/mol. The molecule has 0 unspecified atom stereocenters. The van der Waals surface area contributed by atoms with E-state index in [0.717, 1.165) is 18.5 Å². The van der Waals surface area contributed by atoms with E-state index in [0.29, 0.717) is 0 Å². The molecule has 2 rings (SSSR count). The van der Waals surface area contributed by atoms with Crippen molar-refractivity contribution in [1.82, 2.24) is 4.57 Å². The van der Waals surface area contributed by atoms with E-state index in [4.69, 9.17) is 0 Å². The first-order chi connectivity index (χ1) is 8.19. The molecule has 88 valence electrons. The van der Waals surface area contributed by atoms with Crippen LogP contribution in [0.4, 0.5) is 0 Å². The monoisotopic (exact) mass is 227 g/mol. The fourth-order valence-electron chi connectivity index (χ4n) is 1.84. The van der Waals surface area contributed by atoms with E-state index in [-0.39, 0.29) is 5.78 Å². The van der Waals surface area contributed by atoms with Crippen molar-refractivity contribution in [2.75, 3.05) is 0 Å². The van der Waals surface area contributed by atoms with Crippen LogP contribution in [0.15, 0.2) is 42.7 Å². The number of ketones is 1. The Bertz CT molecular complexity index is 508. The second-order valence-electron chi connectivity index (χ2n) is 4.30. The predicted molar refractivity (Wildman–Crippen MR) is 69.4 cm³/mol. The second-order valence-corrected chi connectivity index (χ2v) is 4.30. The molecule has 2 nitrogen and oxygen atoms in total. The van der Waals surface area contributed by atoms with Crippen molar-refractivity contribution in [2.24, 2.45) is 0 Å². The van der Waals surface area contributed by atoms with Crippen LogP contribution in [-0.4, -0.2) is 10.4 Å². The van der Waals surface area contributed by atoms with Gasteiger partial charge in [0.1, 0.15) is 0 Å². The van der Waals surface area contributed by atoms with Gasteiger partial charge in [-0.15, -0.1) is 0 Å². The van der Waals surface area contributed by atoms with Gasteiger partial charge < -0.3 is 4.57 Å². The van der Waals surface area contributed by atoms with Crippen molar-refractivity contribution < 1.29 is 4.79 Å². The summed E-state index contributed by atoms with van der Waals surface area (Å²) >= 11 is 0. The Kier molecular flexibility index (Phi) is 3.43. The highest BCUT2D eigenvalue weighted by Gasteiger charge is 2.02. The molecule has 0 fully saturated rings. The van der Waals surface area contributed by atoms with Crippen molar-refractivity contribution in [1.29, 1.82) is 0 Å². The number of aromatic nitrogens is 1. The molecular formula is C15H17NO. The molecular weight excluding hydrogens is 210 g/mol. The molecule has 0 saturated carbocycles. The highest BCUT2D eigenvalue weighted by molar-refractivity contribution is 5.93. The van der Waals surface area contributed by atoms with Gasteiger partial charge in [0.15, 0.2) is 5.78 Å². The van der Waals surface area contributed by atoms with E-state index in [1.165, 1.54) is 11.1 Å². The number of carbonyl (C=O) groups excluding carboxylic acids is 1. The van der Waals surface area contributed by atoms with Crippen LogP contribution >= 0.6 is 0 Å². The standard InChI is InChI=1S/C15H17NO/c1-3-13-4-6-14(7-5-13)10-16-9-8-15(11-16)12(2)17/h4-9,11H,3,10H2,1-2H3. The molecule has 2 aromatic rings. The van der Waals surface area contributed by atoms with Gasteiger partial charge in [-0.05, 0) is 30.5 Å². The summed E-state index contributed by atoms with van der Waals surface area (Å²) in [7, 11) is 0. The van der Waals surface area contributed by atoms with Gasteiger partial charge in [0.05, 0.1) is 0 Å². The Labute approximate surface area is 102 Å². The van der Waals surface area contributed by atoms with E-state index < -0.39 is 0 Å². The van der Waals surface area contributed by atoms with Crippen molar-refractivity contribution in [2.45, 2.75) is 26.8 Å². The van der Waals surface area contributed by atoms with E-state index in [9.17, 15) is 4.79 Å². The maximum Gasteiger partial charge on any atom is 0.161 e. The Morgan fingerprint density at radius 3 is 2.29 bits per heavy atom. The van der Waals surface area contributed by atoms with Gasteiger partial charge in [-0.2, -0.15) is 0 Å². The molecule has 0 N–H and O–H groups in total. The number of hydrogen-bond donors (Lipinski definition) is 0. The summed E-state index contributed by atoms with van der Waals surface area (Å²) in [6.45, 7) is 4.56. The highest BCUT2D eigenvalue weighted by Crippen LogP contribution is 2.09. The topological polar surface area (TPSA) is 22.0 Å². The fourth-order valence-corrected chi connectivity index (χ4v) is 1.84. The summed E-state index contributed by atoms with van der Waals surface area (Å²) in [5.74, 6) is 0.116. The largest absolute Gasteiger partial charge is 0.349 e. The smallest absolute Gasteiger partial charge is 0.161 e. The van der Waals surface area contributed by atoms with Crippen LogP contribution in [0.3, 0.4) is 0 Å². The Morgan fingerprint density at radius 2 is 1.76 bits per heavy atom. The van der Waals surface area contributed by atoms with E-state index in [2.05, 4.69) is 31.2 Å². The van der Waals surface area contributed by atoms with Crippen LogP contribution in [0.25, 0.3) is 0 Å². The third kappa shape index (κ3) is 2.84. The molecule has 2 heteroatoms. The number of rotatable bonds is 4. The first-order valence-electron chi connectivity index (χ1n) is 5.93. The molecule has 1 aromatic heterocycles. The van der Waals surface area contributed by atoms with E-state index in [1.54, 1.807) is 6.92 Å². The van der Waals surface area contributed by atoms with Crippen molar-refractivity contribution in [3.8, 4) is 0 Å². The summed E-state index contributed by atoms with van der Waals surface area (Å²) in [5.41, 5.74) is 3.38. The van der Waals surface area contributed by atoms with Gasteiger partial charge in [0.25, 0.3) is 0 Å². The van der Waals surface area contributed by atoms with E-state index in [1.807, 2.05) is 23.0 Å². The summed E-state index contributed by atoms with van der Waals surface area (Å²) in [4.78, 5) is 11.2. The van der Waals surface area contributed by atoms with Crippen LogP contribution in [0.2, 0.25) is 0 Å². The van der Waals surface area contributed by atoms with Gasteiger partial charge in [-0.3, -0.25) is 4.79 Å². The lowest BCUT2D eigenvalue weighted by atomic mass is 10.1. The minimum Gasteiger partial charge on any atom is -0.349 e. The third-order valence-electron chi connectivity index (χ3n) is 2.95. The van der Waals surface area contributed by atoms with E-state index >= 15 is 0 Å². The highest BCUT2D eigenvalue weighted by atomic mass is 16.1. The van der Waals surface area contributed by atoms with Crippen molar-refractivity contribution in [3.63, 3.8) is 0 Å². The Hall–Kier alpha value is -1.83. The number of aryl methyl sites for hydroxylation is 1. The first kappa shape index (κ1) is 11.6. The minimum atomic E-state index is 0.116. The number of carbonyl (C=O) groups is 1. The molecule has 1 aromatic carbocycles. The van der Waals surface area contributed by atoms with Gasteiger partial charge in [0.2, 0.25) is 0 Å². The molecule has 1 heterocycles. The van der Waals surface area contributed by atoms with Gasteiger partial charge in [-0.1, -0.05) is 31.2 Å². The van der Waals surface area contributed by atoms with Gasteiger partial charge in [-0.25, -0.2) is 0 Å². The predicted octanol–water partition coefficient (Wildman–Crippen LogP) is 3.30. The number of nitrogens with zero attached hydrogens (tertiary/aromatic N) is 1. The third-order valence-corrected chi connectivity index (χ3v) is 2.95. The van der Waals surface area contributed by atoms with Crippen LogP contribution < -0.4 is 0 Å². The van der Waals surface area contributed by atoms with Gasteiger partial charge >= 0.3 is 0 Å². The van der Waals surface area contributed by atoms with Gasteiger partial charge in [0, 0.05) is 24.5 Å². The fraction of sp³-hybridized carbons (Fsp3) is 0.267. The lowest BCUT2D eigenvalue weighted by molar-refractivity contribution is 0.101. The van der Waals surface area contributed by atoms with Crippen LogP contribution in [0.1, 0.15) is 35.3 Å². The Balaban J connectivity index is 2.11. The molecule has 0 aliphatic heterocycles. The molecule has 0 radical (unpaired) electrons. The van der Waals surface area contributed by atoms with Crippen LogP contribution in [-0.2, 0) is 13.0 Å². The maximum atomic E-state index is 11.2. The molecule has 17 heavy (non-hydrogen) atoms. The molecule has 0 saturated heterocycles. The molecule has 0 amide bonds. The number of Topliss-reactive ketones (excluding diaryl/α,β-unsaturated/α-hetero) is 1. The molecule has 0 bridgehead atoms. The number of benzene rings is 1. The summed E-state index contributed by atoms with van der Waals surface area (Å²) < 4.78 is 2.04. The second kappa shape index (κ2) is 5.00. The zero-order chi connectivity index (χ0) is 12.3. The maximum absolute atomic E-state index is 11.2. The van der Waals surface area contributed by atoms with Crippen molar-refractivity contribution in [3.05, 3.63) is 59.4 Å². The summed E-state index contributed by atoms with van der Waals surface area (Å²) in [6, 6.07) is 10.5.